The number of thiazole rings is 1. The molecule has 0 bridgehead atoms. The predicted octanol–water partition coefficient (Wildman–Crippen LogP) is 4.29. The molecule has 2 aromatic heterocycles. The highest BCUT2D eigenvalue weighted by molar-refractivity contribution is 7.91. The van der Waals surface area contributed by atoms with Crippen molar-refractivity contribution in [3.63, 3.8) is 0 Å². The summed E-state index contributed by atoms with van der Waals surface area (Å²) in [5, 5.41) is 0.518. The molecule has 0 atom stereocenters. The maximum Gasteiger partial charge on any atom is 0.230 e. The van der Waals surface area contributed by atoms with Gasteiger partial charge in [0.05, 0.1) is 33.7 Å². The van der Waals surface area contributed by atoms with Crippen LogP contribution in [0.25, 0.3) is 10.2 Å². The number of benzene rings is 2. The van der Waals surface area contributed by atoms with E-state index in [4.69, 9.17) is 4.42 Å². The van der Waals surface area contributed by atoms with Crippen LogP contribution in [0.5, 0.6) is 0 Å². The highest BCUT2D eigenvalue weighted by Crippen LogP contribution is 2.30. The van der Waals surface area contributed by atoms with Gasteiger partial charge in [-0.2, -0.15) is 0 Å². The monoisotopic (exact) mass is 426 g/mol. The zero-order valence-corrected chi connectivity index (χ0v) is 17.0. The number of carbonyl (C=O) groups is 1. The molecule has 0 aliphatic rings. The summed E-state index contributed by atoms with van der Waals surface area (Å²) >= 11 is 1.39. The fraction of sp³-hybridized carbons (Fsp3) is 0.143. The van der Waals surface area contributed by atoms with Gasteiger partial charge in [0.15, 0.2) is 15.0 Å². The lowest BCUT2D eigenvalue weighted by molar-refractivity contribution is -0.118. The van der Waals surface area contributed by atoms with Gasteiger partial charge in [0.1, 0.15) is 5.76 Å². The molecule has 0 fully saturated rings. The molecule has 29 heavy (non-hydrogen) atoms. The van der Waals surface area contributed by atoms with Gasteiger partial charge in [-0.25, -0.2) is 13.4 Å². The summed E-state index contributed by atoms with van der Waals surface area (Å²) in [6.07, 6.45) is 1.39. The van der Waals surface area contributed by atoms with E-state index in [0.29, 0.717) is 10.9 Å². The van der Waals surface area contributed by atoms with Gasteiger partial charge in [0.2, 0.25) is 5.91 Å². The number of rotatable bonds is 7. The second-order valence-electron chi connectivity index (χ2n) is 6.41. The van der Waals surface area contributed by atoms with Crippen LogP contribution in [0.4, 0.5) is 5.13 Å². The number of hydrogen-bond donors (Lipinski definition) is 0. The molecule has 2 heterocycles. The maximum atomic E-state index is 13.0. The van der Waals surface area contributed by atoms with Crippen molar-refractivity contribution < 1.29 is 17.6 Å². The lowest BCUT2D eigenvalue weighted by Crippen LogP contribution is -2.31. The third-order valence-electron chi connectivity index (χ3n) is 4.40. The molecule has 0 unspecified atom stereocenters. The van der Waals surface area contributed by atoms with Crippen molar-refractivity contribution in [1.82, 2.24) is 4.98 Å². The number of fused-ring (bicyclic) bond motifs is 1. The van der Waals surface area contributed by atoms with Gasteiger partial charge in [-0.05, 0) is 36.4 Å². The lowest BCUT2D eigenvalue weighted by atomic mass is 10.3. The Kier molecular flexibility index (Phi) is 5.46. The molecule has 0 radical (unpaired) electrons. The second kappa shape index (κ2) is 8.18. The molecule has 0 aliphatic carbocycles. The Morgan fingerprint density at radius 3 is 2.48 bits per heavy atom. The fourth-order valence-electron chi connectivity index (χ4n) is 2.90. The first-order chi connectivity index (χ1) is 14.0. The van der Waals surface area contributed by atoms with E-state index in [0.717, 1.165) is 10.2 Å². The molecule has 1 amide bonds. The van der Waals surface area contributed by atoms with Gasteiger partial charge < -0.3 is 4.42 Å². The van der Waals surface area contributed by atoms with Crippen LogP contribution in [0.15, 0.2) is 82.3 Å². The van der Waals surface area contributed by atoms with E-state index in [-0.39, 0.29) is 29.5 Å². The Morgan fingerprint density at radius 1 is 1.00 bits per heavy atom. The number of amides is 1. The summed E-state index contributed by atoms with van der Waals surface area (Å²) < 4.78 is 31.4. The summed E-state index contributed by atoms with van der Waals surface area (Å²) in [6.45, 7) is 0.192. The normalized spacial score (nSPS) is 11.6. The van der Waals surface area contributed by atoms with Crippen LogP contribution < -0.4 is 4.90 Å². The van der Waals surface area contributed by atoms with Crippen LogP contribution in [-0.4, -0.2) is 25.1 Å². The zero-order chi connectivity index (χ0) is 20.3. The van der Waals surface area contributed by atoms with Crippen LogP contribution in [0.3, 0.4) is 0 Å². The first-order valence-electron chi connectivity index (χ1n) is 8.99. The number of hydrogen-bond acceptors (Lipinski definition) is 6. The van der Waals surface area contributed by atoms with Crippen molar-refractivity contribution in [2.75, 3.05) is 10.7 Å². The molecule has 0 spiro atoms. The largest absolute Gasteiger partial charge is 0.467 e. The van der Waals surface area contributed by atoms with E-state index in [2.05, 4.69) is 4.98 Å². The molecule has 4 aromatic rings. The number of para-hydroxylation sites is 1. The number of nitrogens with zero attached hydrogens (tertiary/aromatic N) is 2. The van der Waals surface area contributed by atoms with Crippen molar-refractivity contribution in [1.29, 1.82) is 0 Å². The van der Waals surface area contributed by atoms with Gasteiger partial charge in [0.25, 0.3) is 0 Å². The Hall–Kier alpha value is -2.97. The summed E-state index contributed by atoms with van der Waals surface area (Å²) in [4.78, 5) is 19.3. The molecule has 8 heteroatoms. The van der Waals surface area contributed by atoms with E-state index in [1.165, 1.54) is 34.6 Å². The van der Waals surface area contributed by atoms with Gasteiger partial charge in [-0.1, -0.05) is 41.7 Å². The van der Waals surface area contributed by atoms with Crippen LogP contribution in [-0.2, 0) is 21.2 Å². The maximum absolute atomic E-state index is 13.0. The summed E-state index contributed by atoms with van der Waals surface area (Å²) in [5.74, 6) is 0.0125. The van der Waals surface area contributed by atoms with E-state index < -0.39 is 9.84 Å². The van der Waals surface area contributed by atoms with E-state index >= 15 is 0 Å². The summed E-state index contributed by atoms with van der Waals surface area (Å²) in [7, 11) is -3.55. The second-order valence-corrected chi connectivity index (χ2v) is 9.52. The van der Waals surface area contributed by atoms with Crippen LogP contribution in [0, 0.1) is 0 Å². The first-order valence-corrected chi connectivity index (χ1v) is 11.5. The molecule has 0 saturated heterocycles. The number of aromatic nitrogens is 1. The number of anilines is 1. The minimum Gasteiger partial charge on any atom is -0.467 e. The van der Waals surface area contributed by atoms with Gasteiger partial charge >= 0.3 is 0 Å². The highest BCUT2D eigenvalue weighted by Gasteiger charge is 2.24. The molecular formula is C21H18N2O4S2. The van der Waals surface area contributed by atoms with Crippen molar-refractivity contribution >= 4 is 42.4 Å². The predicted molar refractivity (Wildman–Crippen MR) is 113 cm³/mol. The van der Waals surface area contributed by atoms with Crippen LogP contribution in [0.2, 0.25) is 0 Å². The molecule has 6 nitrogen and oxygen atoms in total. The standard InChI is InChI=1S/C21H18N2O4S2/c24-20(12-14-29(25,26)17-8-2-1-3-9-17)23(15-16-7-6-13-27-16)21-22-18-10-4-5-11-19(18)28-21/h1-11,13H,12,14-15H2. The topological polar surface area (TPSA) is 80.5 Å². The van der Waals surface area contributed by atoms with E-state index in [1.807, 2.05) is 24.3 Å². The van der Waals surface area contributed by atoms with Crippen molar-refractivity contribution in [2.24, 2.45) is 0 Å². The minimum absolute atomic E-state index is 0.145. The zero-order valence-electron chi connectivity index (χ0n) is 15.4. The smallest absolute Gasteiger partial charge is 0.230 e. The van der Waals surface area contributed by atoms with Crippen molar-refractivity contribution in [3.05, 3.63) is 78.8 Å². The quantitative estimate of drug-likeness (QED) is 0.440. The fourth-order valence-corrected chi connectivity index (χ4v) is 5.13. The third kappa shape index (κ3) is 4.38. The van der Waals surface area contributed by atoms with Crippen LogP contribution >= 0.6 is 11.3 Å². The van der Waals surface area contributed by atoms with E-state index in [1.54, 1.807) is 30.3 Å². The average molecular weight is 427 g/mol. The van der Waals surface area contributed by atoms with Gasteiger partial charge in [-0.3, -0.25) is 9.69 Å². The Labute approximate surface area is 172 Å². The van der Waals surface area contributed by atoms with Crippen molar-refractivity contribution in [2.45, 2.75) is 17.9 Å². The molecule has 4 rings (SSSR count). The third-order valence-corrected chi connectivity index (χ3v) is 7.19. The summed E-state index contributed by atoms with van der Waals surface area (Å²) in [6, 6.07) is 19.3. The number of carbonyl (C=O) groups excluding carboxylic acids is 1. The van der Waals surface area contributed by atoms with Gasteiger partial charge in [-0.15, -0.1) is 0 Å². The molecule has 0 aliphatic heterocycles. The first kappa shape index (κ1) is 19.4. The number of furan rings is 1. The number of sulfone groups is 1. The summed E-state index contributed by atoms with van der Waals surface area (Å²) in [5.41, 5.74) is 0.793. The Balaban J connectivity index is 1.58. The molecule has 148 valence electrons. The van der Waals surface area contributed by atoms with Crippen LogP contribution in [0.1, 0.15) is 12.2 Å². The molecule has 0 saturated carbocycles. The highest BCUT2D eigenvalue weighted by atomic mass is 32.2. The SMILES string of the molecule is O=C(CCS(=O)(=O)c1ccccc1)N(Cc1ccco1)c1nc2ccccc2s1. The van der Waals surface area contributed by atoms with Gasteiger partial charge in [0, 0.05) is 6.42 Å². The van der Waals surface area contributed by atoms with E-state index in [9.17, 15) is 13.2 Å². The molecule has 0 N–H and O–H groups in total. The molecular weight excluding hydrogens is 408 g/mol. The lowest BCUT2D eigenvalue weighted by Gasteiger charge is -2.18. The molecule has 2 aromatic carbocycles. The Morgan fingerprint density at radius 2 is 1.76 bits per heavy atom. The van der Waals surface area contributed by atoms with Crippen molar-refractivity contribution in [3.8, 4) is 0 Å². The Bertz CT molecular complexity index is 1180. The minimum atomic E-state index is -3.55. The average Bonchev–Trinajstić information content (AvgIpc) is 3.40.